The molecule has 0 saturated carbocycles. The Hall–Kier alpha value is -1.64. The maximum Gasteiger partial charge on any atom is 0.170 e. The lowest BCUT2D eigenvalue weighted by Crippen LogP contribution is -3.05. The number of hydrogen-bond acceptors (Lipinski definition) is 2. The molecule has 3 N–H and O–H groups in total. The predicted octanol–water partition coefficient (Wildman–Crippen LogP) is 0.574. The molecule has 0 saturated heterocycles. The van der Waals surface area contributed by atoms with E-state index < -0.39 is 0 Å². The van der Waals surface area contributed by atoms with E-state index in [0.29, 0.717) is 11.5 Å². The van der Waals surface area contributed by atoms with Gasteiger partial charge in [0, 0.05) is 18.7 Å². The fourth-order valence-electron chi connectivity index (χ4n) is 1.62. The highest BCUT2D eigenvalue weighted by Crippen LogP contribution is 2.09. The average molecular weight is 277 g/mol. The lowest BCUT2D eigenvalue weighted by molar-refractivity contribution is -0.858. The summed E-state index contributed by atoms with van der Waals surface area (Å²) in [4.78, 5) is 1.44. The normalized spacial score (nSPS) is 10.0. The van der Waals surface area contributed by atoms with Gasteiger partial charge in [-0.25, -0.2) is 0 Å². The maximum absolute atomic E-state index is 8.60. The molecule has 19 heavy (non-hydrogen) atoms. The van der Waals surface area contributed by atoms with Crippen LogP contribution in [-0.4, -0.2) is 32.3 Å². The number of hydrogen-bond donors (Lipinski definition) is 3. The summed E-state index contributed by atoms with van der Waals surface area (Å²) in [6, 6.07) is 9.87. The van der Waals surface area contributed by atoms with Gasteiger partial charge in [0.15, 0.2) is 5.11 Å². The van der Waals surface area contributed by atoms with Crippen molar-refractivity contribution in [2.45, 2.75) is 12.8 Å². The first-order valence-corrected chi connectivity index (χ1v) is 6.82. The SMILES string of the molecule is C[NH+](C)CCCNC(=S)Nc1ccc(CC#N)cc1. The van der Waals surface area contributed by atoms with Crippen molar-refractivity contribution in [3.63, 3.8) is 0 Å². The van der Waals surface area contributed by atoms with Crippen LogP contribution >= 0.6 is 12.2 Å². The molecule has 0 atom stereocenters. The summed E-state index contributed by atoms with van der Waals surface area (Å²) in [5.41, 5.74) is 1.96. The van der Waals surface area contributed by atoms with Gasteiger partial charge in [0.25, 0.3) is 0 Å². The third kappa shape index (κ3) is 6.75. The Kier molecular flexibility index (Phi) is 6.86. The third-order valence-electron chi connectivity index (χ3n) is 2.63. The zero-order valence-corrected chi connectivity index (χ0v) is 12.3. The van der Waals surface area contributed by atoms with Crippen LogP contribution in [0.3, 0.4) is 0 Å². The van der Waals surface area contributed by atoms with Crippen LogP contribution in [-0.2, 0) is 6.42 Å². The molecule has 0 aromatic heterocycles. The Bertz CT molecular complexity index is 434. The molecule has 1 rings (SSSR count). The van der Waals surface area contributed by atoms with Crippen molar-refractivity contribution in [1.82, 2.24) is 5.32 Å². The zero-order chi connectivity index (χ0) is 14.1. The van der Waals surface area contributed by atoms with Gasteiger partial charge >= 0.3 is 0 Å². The minimum absolute atomic E-state index is 0.440. The largest absolute Gasteiger partial charge is 0.362 e. The monoisotopic (exact) mass is 277 g/mol. The van der Waals surface area contributed by atoms with Gasteiger partial charge < -0.3 is 15.5 Å². The summed E-state index contributed by atoms with van der Waals surface area (Å²) in [5.74, 6) is 0. The second-order valence-corrected chi connectivity index (χ2v) is 5.13. The summed E-state index contributed by atoms with van der Waals surface area (Å²) in [7, 11) is 4.28. The third-order valence-corrected chi connectivity index (χ3v) is 2.88. The zero-order valence-electron chi connectivity index (χ0n) is 11.5. The maximum atomic E-state index is 8.60. The molecule has 0 aliphatic carbocycles. The van der Waals surface area contributed by atoms with Crippen LogP contribution in [0.4, 0.5) is 5.69 Å². The summed E-state index contributed by atoms with van der Waals surface area (Å²) < 4.78 is 0. The molecule has 1 aromatic carbocycles. The van der Waals surface area contributed by atoms with Gasteiger partial charge in [-0.1, -0.05) is 12.1 Å². The van der Waals surface area contributed by atoms with Gasteiger partial charge in [-0.05, 0) is 29.9 Å². The summed E-state index contributed by atoms with van der Waals surface area (Å²) in [5, 5.41) is 15.5. The molecule has 0 aliphatic rings. The Morgan fingerprint density at radius 1 is 1.32 bits per heavy atom. The minimum Gasteiger partial charge on any atom is -0.362 e. The predicted molar refractivity (Wildman–Crippen MR) is 82.3 cm³/mol. The van der Waals surface area contributed by atoms with Crippen LogP contribution in [0.25, 0.3) is 0 Å². The van der Waals surface area contributed by atoms with Gasteiger partial charge in [0.05, 0.1) is 33.1 Å². The standard InChI is InChI=1S/C14H20N4S/c1-18(2)11-3-10-16-14(19)17-13-6-4-12(5-7-13)8-9-15/h4-7H,3,8,10-11H2,1-2H3,(H2,16,17,19)/p+1. The molecule has 0 unspecified atom stereocenters. The van der Waals surface area contributed by atoms with E-state index in [4.69, 9.17) is 17.5 Å². The summed E-state index contributed by atoms with van der Waals surface area (Å²) in [6.07, 6.45) is 1.53. The van der Waals surface area contributed by atoms with Crippen molar-refractivity contribution >= 4 is 23.0 Å². The van der Waals surface area contributed by atoms with E-state index in [1.165, 1.54) is 4.90 Å². The van der Waals surface area contributed by atoms with Gasteiger partial charge in [-0.3, -0.25) is 0 Å². The molecule has 102 valence electrons. The van der Waals surface area contributed by atoms with E-state index in [9.17, 15) is 0 Å². The van der Waals surface area contributed by atoms with Crippen molar-refractivity contribution in [2.75, 3.05) is 32.5 Å². The summed E-state index contributed by atoms with van der Waals surface area (Å²) >= 11 is 5.22. The Labute approximate surface area is 120 Å². The molecule has 0 radical (unpaired) electrons. The molecule has 0 spiro atoms. The van der Waals surface area contributed by atoms with Gasteiger partial charge in [-0.2, -0.15) is 5.26 Å². The molecule has 1 aromatic rings. The first-order valence-electron chi connectivity index (χ1n) is 6.41. The van der Waals surface area contributed by atoms with E-state index in [0.717, 1.165) is 30.8 Å². The van der Waals surface area contributed by atoms with Crippen molar-refractivity contribution < 1.29 is 4.90 Å². The van der Waals surface area contributed by atoms with Crippen molar-refractivity contribution in [1.29, 1.82) is 5.26 Å². The van der Waals surface area contributed by atoms with Gasteiger partial charge in [-0.15, -0.1) is 0 Å². The fourth-order valence-corrected chi connectivity index (χ4v) is 1.84. The van der Waals surface area contributed by atoms with Crippen LogP contribution in [0.2, 0.25) is 0 Å². The average Bonchev–Trinajstić information content (AvgIpc) is 2.37. The molecule has 4 nitrogen and oxygen atoms in total. The van der Waals surface area contributed by atoms with Gasteiger partial charge in [0.2, 0.25) is 0 Å². The van der Waals surface area contributed by atoms with E-state index in [-0.39, 0.29) is 0 Å². The number of nitriles is 1. The number of nitrogens with one attached hydrogen (secondary N) is 3. The van der Waals surface area contributed by atoms with Crippen molar-refractivity contribution in [3.8, 4) is 6.07 Å². The Morgan fingerprint density at radius 3 is 2.58 bits per heavy atom. The smallest absolute Gasteiger partial charge is 0.170 e. The van der Waals surface area contributed by atoms with E-state index in [2.05, 4.69) is 30.8 Å². The second kappa shape index (κ2) is 8.46. The Morgan fingerprint density at radius 2 is 2.00 bits per heavy atom. The first kappa shape index (κ1) is 15.4. The van der Waals surface area contributed by atoms with E-state index in [1.807, 2.05) is 24.3 Å². The number of thiocarbonyl (C=S) groups is 1. The molecule has 0 amide bonds. The lowest BCUT2D eigenvalue weighted by atomic mass is 10.1. The number of benzene rings is 1. The van der Waals surface area contributed by atoms with Crippen LogP contribution in [0, 0.1) is 11.3 Å². The molecular formula is C14H21N4S+. The lowest BCUT2D eigenvalue weighted by Gasteiger charge is -2.11. The molecule has 0 bridgehead atoms. The second-order valence-electron chi connectivity index (χ2n) is 4.72. The molecular weight excluding hydrogens is 256 g/mol. The molecule has 0 fully saturated rings. The molecule has 0 heterocycles. The van der Waals surface area contributed by atoms with E-state index in [1.54, 1.807) is 0 Å². The number of rotatable bonds is 6. The van der Waals surface area contributed by atoms with Crippen LogP contribution in [0.15, 0.2) is 24.3 Å². The quantitative estimate of drug-likeness (QED) is 0.526. The van der Waals surface area contributed by atoms with Crippen molar-refractivity contribution in [3.05, 3.63) is 29.8 Å². The highest BCUT2D eigenvalue weighted by molar-refractivity contribution is 7.80. The molecule has 0 aliphatic heterocycles. The first-order chi connectivity index (χ1) is 9.11. The van der Waals surface area contributed by atoms with Crippen LogP contribution in [0.5, 0.6) is 0 Å². The molecule has 5 heteroatoms. The summed E-state index contributed by atoms with van der Waals surface area (Å²) in [6.45, 7) is 2.00. The van der Waals surface area contributed by atoms with Crippen molar-refractivity contribution in [2.24, 2.45) is 0 Å². The van der Waals surface area contributed by atoms with Gasteiger partial charge in [0.1, 0.15) is 0 Å². The highest BCUT2D eigenvalue weighted by Gasteiger charge is 1.99. The van der Waals surface area contributed by atoms with Crippen LogP contribution < -0.4 is 15.5 Å². The number of quaternary nitrogens is 1. The Balaban J connectivity index is 2.30. The highest BCUT2D eigenvalue weighted by atomic mass is 32.1. The van der Waals surface area contributed by atoms with Crippen LogP contribution in [0.1, 0.15) is 12.0 Å². The number of anilines is 1. The van der Waals surface area contributed by atoms with E-state index >= 15 is 0 Å². The minimum atomic E-state index is 0.440. The fraction of sp³-hybridized carbons (Fsp3) is 0.429. The topological polar surface area (TPSA) is 52.3 Å². The number of nitrogens with zero attached hydrogens (tertiary/aromatic N) is 1.